The van der Waals surface area contributed by atoms with E-state index in [1.807, 2.05) is 12.3 Å². The van der Waals surface area contributed by atoms with Crippen molar-refractivity contribution in [2.75, 3.05) is 0 Å². The van der Waals surface area contributed by atoms with Crippen LogP contribution in [0.2, 0.25) is 0 Å². The van der Waals surface area contributed by atoms with E-state index in [0.717, 1.165) is 84.0 Å². The predicted molar refractivity (Wildman–Crippen MR) is 228 cm³/mol. The third-order valence-electron chi connectivity index (χ3n) is 10.3. The van der Waals surface area contributed by atoms with E-state index in [1.54, 1.807) is 0 Å². The van der Waals surface area contributed by atoms with Crippen molar-refractivity contribution in [1.29, 1.82) is 0 Å². The number of benzene rings is 5. The molecule has 0 aliphatic rings. The van der Waals surface area contributed by atoms with Crippen LogP contribution in [0.5, 0.6) is 0 Å². The van der Waals surface area contributed by atoms with Gasteiger partial charge in [0.1, 0.15) is 0 Å². The van der Waals surface area contributed by atoms with Crippen LogP contribution in [0.3, 0.4) is 0 Å². The van der Waals surface area contributed by atoms with Crippen molar-refractivity contribution in [3.05, 3.63) is 169 Å². The van der Waals surface area contributed by atoms with Crippen molar-refractivity contribution in [3.63, 3.8) is 0 Å². The summed E-state index contributed by atoms with van der Waals surface area (Å²) in [5.41, 5.74) is 15.2. The molecule has 0 aliphatic carbocycles. The second-order valence-corrected chi connectivity index (χ2v) is 14.8. The van der Waals surface area contributed by atoms with Crippen LogP contribution in [-0.2, 0) is 0 Å². The Morgan fingerprint density at radius 3 is 1.71 bits per heavy atom. The maximum atomic E-state index is 5.47. The Bertz CT molecular complexity index is 2790. The molecular weight excluding hydrogens is 671 g/mol. The van der Waals surface area contributed by atoms with E-state index in [2.05, 4.69) is 178 Å². The molecule has 4 aromatic heterocycles. The summed E-state index contributed by atoms with van der Waals surface area (Å²) in [6.45, 7) is 8.75. The van der Waals surface area contributed by atoms with Gasteiger partial charge in [0.25, 0.3) is 0 Å². The van der Waals surface area contributed by atoms with E-state index in [9.17, 15) is 0 Å². The molecule has 5 aromatic carbocycles. The molecule has 0 spiro atoms. The van der Waals surface area contributed by atoms with Gasteiger partial charge in [-0.25, -0.2) is 15.0 Å². The first-order valence-corrected chi connectivity index (χ1v) is 19.0. The van der Waals surface area contributed by atoms with Crippen LogP contribution in [0, 0.1) is 0 Å². The minimum absolute atomic E-state index is 0.254. The van der Waals surface area contributed by atoms with Crippen molar-refractivity contribution in [1.82, 2.24) is 24.9 Å². The quantitative estimate of drug-likeness (QED) is 0.170. The van der Waals surface area contributed by atoms with Gasteiger partial charge in [0.15, 0.2) is 5.82 Å². The maximum absolute atomic E-state index is 5.47. The molecule has 266 valence electrons. The van der Waals surface area contributed by atoms with Crippen molar-refractivity contribution in [2.45, 2.75) is 39.5 Å². The van der Waals surface area contributed by atoms with Crippen molar-refractivity contribution < 1.29 is 0 Å². The minimum atomic E-state index is 0.254. The Morgan fingerprint density at radius 2 is 1.00 bits per heavy atom. The van der Waals surface area contributed by atoms with E-state index in [1.165, 1.54) is 10.8 Å². The van der Waals surface area contributed by atoms with Crippen LogP contribution < -0.4 is 0 Å². The number of fused-ring (bicyclic) bond motifs is 3. The lowest BCUT2D eigenvalue weighted by Crippen LogP contribution is -2.04. The molecule has 0 aliphatic heterocycles. The second kappa shape index (κ2) is 14.3. The largest absolute Gasteiger partial charge is 0.354 e. The third kappa shape index (κ3) is 6.70. The molecule has 9 rings (SSSR count). The number of H-pyrrole nitrogens is 1. The molecule has 0 saturated heterocycles. The molecule has 0 atom stereocenters. The molecule has 0 unspecified atom stereocenters. The van der Waals surface area contributed by atoms with E-state index in [0.29, 0.717) is 5.82 Å². The Hall–Kier alpha value is -6.72. The highest BCUT2D eigenvalue weighted by atomic mass is 14.9. The predicted octanol–water partition coefficient (Wildman–Crippen LogP) is 13.1. The zero-order valence-electron chi connectivity index (χ0n) is 31.5. The zero-order valence-corrected chi connectivity index (χ0v) is 31.5. The van der Waals surface area contributed by atoms with E-state index >= 15 is 0 Å². The summed E-state index contributed by atoms with van der Waals surface area (Å²) in [6, 6.07) is 53.3. The van der Waals surface area contributed by atoms with Crippen molar-refractivity contribution in [2.24, 2.45) is 0 Å². The molecular formula is C50H41N5. The normalized spacial score (nSPS) is 11.6. The maximum Gasteiger partial charge on any atom is 0.159 e. The molecule has 5 nitrogen and oxygen atoms in total. The topological polar surface area (TPSA) is 67.3 Å². The summed E-state index contributed by atoms with van der Waals surface area (Å²) in [6.07, 6.45) is 1.90. The smallest absolute Gasteiger partial charge is 0.159 e. The highest BCUT2D eigenvalue weighted by molar-refractivity contribution is 6.11. The van der Waals surface area contributed by atoms with Crippen molar-refractivity contribution in [3.8, 4) is 67.4 Å². The first kappa shape index (κ1) is 34.1. The van der Waals surface area contributed by atoms with Gasteiger partial charge in [-0.2, -0.15) is 0 Å². The van der Waals surface area contributed by atoms with Crippen LogP contribution in [0.1, 0.15) is 50.9 Å². The first-order chi connectivity index (χ1) is 26.9. The SMILES string of the molecule is CC(C)c1cc(C(C)C)nc(-c2cc(-c3cc(-c4ccccc4)cc(-c4cc(-c5ccccc5)ccn4)c3)nc(-c3cccc4c3[nH]c3ccccc34)c2)n1. The van der Waals surface area contributed by atoms with E-state index in [4.69, 9.17) is 19.9 Å². The van der Waals surface area contributed by atoms with Crippen LogP contribution in [0.25, 0.3) is 89.2 Å². The number of rotatable bonds is 8. The lowest BCUT2D eigenvalue weighted by Gasteiger charge is -2.15. The Kier molecular flexibility index (Phi) is 8.83. The van der Waals surface area contributed by atoms with Crippen LogP contribution in [0.15, 0.2) is 158 Å². The Balaban J connectivity index is 1.30. The van der Waals surface area contributed by atoms with Crippen molar-refractivity contribution >= 4 is 21.8 Å². The summed E-state index contributed by atoms with van der Waals surface area (Å²) >= 11 is 0. The fraction of sp³-hybridized carbons (Fsp3) is 0.120. The van der Waals surface area contributed by atoms with Gasteiger partial charge < -0.3 is 4.98 Å². The summed E-state index contributed by atoms with van der Waals surface area (Å²) in [5.74, 6) is 1.22. The number of hydrogen-bond donors (Lipinski definition) is 1. The molecule has 0 fully saturated rings. The zero-order chi connectivity index (χ0) is 37.5. The monoisotopic (exact) mass is 711 g/mol. The summed E-state index contributed by atoms with van der Waals surface area (Å²) in [5, 5.41) is 2.36. The highest BCUT2D eigenvalue weighted by Crippen LogP contribution is 2.38. The lowest BCUT2D eigenvalue weighted by atomic mass is 9.94. The molecule has 1 N–H and O–H groups in total. The first-order valence-electron chi connectivity index (χ1n) is 19.0. The molecule has 0 amide bonds. The average Bonchev–Trinajstić information content (AvgIpc) is 3.63. The average molecular weight is 712 g/mol. The Labute approximate surface area is 321 Å². The molecule has 55 heavy (non-hydrogen) atoms. The fourth-order valence-corrected chi connectivity index (χ4v) is 7.36. The van der Waals surface area contributed by atoms with Gasteiger partial charge in [0.05, 0.1) is 22.6 Å². The van der Waals surface area contributed by atoms with Gasteiger partial charge in [-0.1, -0.05) is 125 Å². The molecule has 5 heteroatoms. The highest BCUT2D eigenvalue weighted by Gasteiger charge is 2.19. The summed E-state index contributed by atoms with van der Waals surface area (Å²) in [7, 11) is 0. The van der Waals surface area contributed by atoms with Gasteiger partial charge in [-0.15, -0.1) is 0 Å². The van der Waals surface area contributed by atoms with E-state index < -0.39 is 0 Å². The van der Waals surface area contributed by atoms with Gasteiger partial charge in [-0.05, 0) is 88.7 Å². The van der Waals surface area contributed by atoms with E-state index in [-0.39, 0.29) is 11.8 Å². The number of pyridine rings is 2. The molecule has 0 bridgehead atoms. The van der Waals surface area contributed by atoms with Crippen LogP contribution in [0.4, 0.5) is 0 Å². The number of nitrogens with one attached hydrogen (secondary N) is 1. The van der Waals surface area contributed by atoms with Gasteiger partial charge in [0.2, 0.25) is 0 Å². The summed E-state index contributed by atoms with van der Waals surface area (Å²) < 4.78 is 0. The van der Waals surface area contributed by atoms with Crippen LogP contribution in [-0.4, -0.2) is 24.9 Å². The number of aromatic amines is 1. The number of hydrogen-bond acceptors (Lipinski definition) is 4. The standard InChI is InChI=1S/C50H41N5/c1-31(2)44-30-45(32(3)4)55-50(54-44)39-28-47(52-48(29-39)42-20-13-19-41-40-18-11-12-21-43(40)53-49(41)42)38-25-36(34-16-9-6-10-17-34)24-37(26-38)46-27-35(22-23-51-46)33-14-7-5-8-15-33/h5-32,53H,1-4H3. The minimum Gasteiger partial charge on any atom is -0.354 e. The molecule has 0 radical (unpaired) electrons. The fourth-order valence-electron chi connectivity index (χ4n) is 7.36. The van der Waals surface area contributed by atoms with Gasteiger partial charge in [0, 0.05) is 56.1 Å². The van der Waals surface area contributed by atoms with Gasteiger partial charge in [-0.3, -0.25) is 4.98 Å². The second-order valence-electron chi connectivity index (χ2n) is 14.8. The summed E-state index contributed by atoms with van der Waals surface area (Å²) in [4.78, 5) is 24.4. The number of nitrogens with zero attached hydrogens (tertiary/aromatic N) is 4. The number of aromatic nitrogens is 5. The van der Waals surface area contributed by atoms with Crippen LogP contribution >= 0.6 is 0 Å². The van der Waals surface area contributed by atoms with Gasteiger partial charge >= 0.3 is 0 Å². The number of para-hydroxylation sites is 2. The third-order valence-corrected chi connectivity index (χ3v) is 10.3. The Morgan fingerprint density at radius 1 is 0.418 bits per heavy atom. The lowest BCUT2D eigenvalue weighted by molar-refractivity contribution is 0.771. The molecule has 4 heterocycles. The molecule has 0 saturated carbocycles. The molecule has 9 aromatic rings.